The summed E-state index contributed by atoms with van der Waals surface area (Å²) in [6, 6.07) is 6.87. The average molecular weight is 397 g/mol. The number of benzene rings is 1. The minimum absolute atomic E-state index is 0.426. The van der Waals surface area contributed by atoms with Gasteiger partial charge in [0, 0.05) is 55.9 Å². The summed E-state index contributed by atoms with van der Waals surface area (Å²) in [7, 11) is 3.62. The van der Waals surface area contributed by atoms with Crippen LogP contribution in [-0.2, 0) is 11.3 Å². The molecule has 2 fully saturated rings. The van der Waals surface area contributed by atoms with Gasteiger partial charge in [-0.1, -0.05) is 28.8 Å². The van der Waals surface area contributed by atoms with Crippen LogP contribution in [0.15, 0.2) is 22.7 Å². The highest BCUT2D eigenvalue weighted by Gasteiger charge is 2.32. The van der Waals surface area contributed by atoms with E-state index in [0.29, 0.717) is 12.1 Å². The molecule has 2 aliphatic rings. The summed E-state index contributed by atoms with van der Waals surface area (Å²) < 4.78 is 12.4. The molecule has 24 heavy (non-hydrogen) atoms. The number of methoxy groups -OCH3 is 2. The summed E-state index contributed by atoms with van der Waals surface area (Å²) in [6.45, 7) is 5.46. The second kappa shape index (κ2) is 8.65. The van der Waals surface area contributed by atoms with E-state index in [2.05, 4.69) is 31.8 Å². The van der Waals surface area contributed by atoms with Gasteiger partial charge in [0.1, 0.15) is 5.75 Å². The van der Waals surface area contributed by atoms with Gasteiger partial charge >= 0.3 is 0 Å². The first-order chi connectivity index (χ1) is 11.7. The Morgan fingerprint density at radius 1 is 1.08 bits per heavy atom. The first-order valence-corrected chi connectivity index (χ1v) is 9.82. The molecule has 0 bridgehead atoms. The molecule has 1 aliphatic carbocycles. The van der Waals surface area contributed by atoms with Crippen molar-refractivity contribution in [3.05, 3.63) is 28.2 Å². The van der Waals surface area contributed by atoms with E-state index in [9.17, 15) is 0 Å². The van der Waals surface area contributed by atoms with Gasteiger partial charge in [-0.15, -0.1) is 0 Å². The minimum Gasteiger partial charge on any atom is -0.496 e. The fourth-order valence-corrected chi connectivity index (χ4v) is 4.54. The lowest BCUT2D eigenvalue weighted by Crippen LogP contribution is -2.54. The quantitative estimate of drug-likeness (QED) is 0.759. The average Bonchev–Trinajstić information content (AvgIpc) is 2.62. The fourth-order valence-electron chi connectivity index (χ4n) is 4.13. The summed E-state index contributed by atoms with van der Waals surface area (Å²) >= 11 is 3.57. The number of hydrogen-bond donors (Lipinski definition) is 0. The normalized spacial score (nSPS) is 26.5. The third kappa shape index (κ3) is 4.31. The predicted molar refractivity (Wildman–Crippen MR) is 101 cm³/mol. The Morgan fingerprint density at radius 3 is 2.54 bits per heavy atom. The molecule has 1 saturated heterocycles. The molecular weight excluding hydrogens is 368 g/mol. The molecule has 0 aromatic heterocycles. The molecule has 0 amide bonds. The van der Waals surface area contributed by atoms with Crippen molar-refractivity contribution in [1.29, 1.82) is 0 Å². The first-order valence-electron chi connectivity index (χ1n) is 9.03. The first kappa shape index (κ1) is 18.2. The van der Waals surface area contributed by atoms with Crippen LogP contribution in [0.1, 0.15) is 31.2 Å². The minimum atomic E-state index is 0.426. The zero-order valence-corrected chi connectivity index (χ0v) is 16.4. The van der Waals surface area contributed by atoms with Crippen molar-refractivity contribution in [2.24, 2.45) is 0 Å². The molecule has 2 unspecified atom stereocenters. The summed E-state index contributed by atoms with van der Waals surface area (Å²) in [5.41, 5.74) is 1.26. The highest BCUT2D eigenvalue weighted by molar-refractivity contribution is 9.10. The van der Waals surface area contributed by atoms with Crippen LogP contribution >= 0.6 is 15.9 Å². The van der Waals surface area contributed by atoms with Crippen LogP contribution in [0, 0.1) is 0 Å². The van der Waals surface area contributed by atoms with Crippen LogP contribution < -0.4 is 4.74 Å². The lowest BCUT2D eigenvalue weighted by atomic mass is 9.90. The smallest absolute Gasteiger partial charge is 0.123 e. The van der Waals surface area contributed by atoms with Gasteiger partial charge in [0.05, 0.1) is 13.2 Å². The zero-order chi connectivity index (χ0) is 16.9. The predicted octanol–water partition coefficient (Wildman–Crippen LogP) is 3.53. The van der Waals surface area contributed by atoms with Crippen molar-refractivity contribution in [3.8, 4) is 5.75 Å². The van der Waals surface area contributed by atoms with Gasteiger partial charge in [0.2, 0.25) is 0 Å². The molecular formula is C19H29BrN2O2. The zero-order valence-electron chi connectivity index (χ0n) is 14.8. The van der Waals surface area contributed by atoms with Crippen LogP contribution in [0.4, 0.5) is 0 Å². The van der Waals surface area contributed by atoms with Gasteiger partial charge in [-0.05, 0) is 31.0 Å². The maximum Gasteiger partial charge on any atom is 0.123 e. The molecule has 1 saturated carbocycles. The number of nitrogens with zero attached hydrogens (tertiary/aromatic N) is 2. The molecule has 3 rings (SSSR count). The van der Waals surface area contributed by atoms with Crippen molar-refractivity contribution in [2.45, 2.75) is 44.4 Å². The van der Waals surface area contributed by atoms with E-state index < -0.39 is 0 Å². The van der Waals surface area contributed by atoms with Crippen molar-refractivity contribution < 1.29 is 9.47 Å². The van der Waals surface area contributed by atoms with Gasteiger partial charge in [-0.2, -0.15) is 0 Å². The van der Waals surface area contributed by atoms with Crippen LogP contribution in [0.5, 0.6) is 5.75 Å². The maximum atomic E-state index is 5.75. The molecule has 1 aromatic rings. The van der Waals surface area contributed by atoms with Gasteiger partial charge in [0.15, 0.2) is 0 Å². The van der Waals surface area contributed by atoms with Crippen molar-refractivity contribution in [1.82, 2.24) is 9.80 Å². The Balaban J connectivity index is 1.56. The Kier molecular flexibility index (Phi) is 6.56. The van der Waals surface area contributed by atoms with Crippen molar-refractivity contribution in [3.63, 3.8) is 0 Å². The summed E-state index contributed by atoms with van der Waals surface area (Å²) in [4.78, 5) is 5.19. The van der Waals surface area contributed by atoms with Gasteiger partial charge < -0.3 is 9.47 Å². The van der Waals surface area contributed by atoms with Crippen molar-refractivity contribution in [2.75, 3.05) is 40.4 Å². The van der Waals surface area contributed by atoms with E-state index in [1.807, 2.05) is 19.2 Å². The maximum absolute atomic E-state index is 5.75. The molecule has 0 N–H and O–H groups in total. The number of rotatable bonds is 5. The molecule has 134 valence electrons. The third-order valence-corrected chi connectivity index (χ3v) is 5.98. The molecule has 1 aromatic carbocycles. The van der Waals surface area contributed by atoms with E-state index in [0.717, 1.165) is 42.9 Å². The molecule has 5 heteroatoms. The van der Waals surface area contributed by atoms with Crippen LogP contribution in [-0.4, -0.2) is 62.3 Å². The Labute approximate surface area is 154 Å². The van der Waals surface area contributed by atoms with E-state index >= 15 is 0 Å². The summed E-state index contributed by atoms with van der Waals surface area (Å²) in [5.74, 6) is 0.979. The van der Waals surface area contributed by atoms with Gasteiger partial charge in [-0.25, -0.2) is 0 Å². The lowest BCUT2D eigenvalue weighted by molar-refractivity contribution is -0.0279. The monoisotopic (exact) mass is 396 g/mol. The summed E-state index contributed by atoms with van der Waals surface area (Å²) in [5, 5.41) is 0. The second-order valence-corrected chi connectivity index (χ2v) is 7.81. The van der Waals surface area contributed by atoms with Crippen LogP contribution in [0.2, 0.25) is 0 Å². The highest BCUT2D eigenvalue weighted by atomic mass is 79.9. The summed E-state index contributed by atoms with van der Waals surface area (Å²) in [6.07, 6.45) is 5.60. The standard InChI is InChI=1S/C19H29BrN2O2/c1-23-18-8-7-16(20)13-15(18)14-21-9-11-22(12-10-21)17-5-3-4-6-19(17)24-2/h7-8,13,17,19H,3-6,9-12,14H2,1-2H3. The number of hydrogen-bond acceptors (Lipinski definition) is 4. The topological polar surface area (TPSA) is 24.9 Å². The largest absolute Gasteiger partial charge is 0.496 e. The van der Waals surface area contributed by atoms with Crippen LogP contribution in [0.3, 0.4) is 0 Å². The molecule has 2 atom stereocenters. The highest BCUT2D eigenvalue weighted by Crippen LogP contribution is 2.28. The van der Waals surface area contributed by atoms with E-state index in [1.165, 1.54) is 31.2 Å². The lowest BCUT2D eigenvalue weighted by Gasteiger charge is -2.43. The SMILES string of the molecule is COc1ccc(Br)cc1CN1CCN(C2CCCCC2OC)CC1. The number of ether oxygens (including phenoxy) is 2. The Bertz CT molecular complexity index is 532. The fraction of sp³-hybridized carbons (Fsp3) is 0.684. The van der Waals surface area contributed by atoms with Gasteiger partial charge in [-0.3, -0.25) is 9.80 Å². The molecule has 0 radical (unpaired) electrons. The Morgan fingerprint density at radius 2 is 1.83 bits per heavy atom. The second-order valence-electron chi connectivity index (χ2n) is 6.89. The van der Waals surface area contributed by atoms with E-state index in [1.54, 1.807) is 7.11 Å². The number of halogens is 1. The van der Waals surface area contributed by atoms with Crippen LogP contribution in [0.25, 0.3) is 0 Å². The van der Waals surface area contributed by atoms with Gasteiger partial charge in [0.25, 0.3) is 0 Å². The third-order valence-electron chi connectivity index (χ3n) is 5.48. The van der Waals surface area contributed by atoms with Crippen molar-refractivity contribution >= 4 is 15.9 Å². The molecule has 1 heterocycles. The van der Waals surface area contributed by atoms with E-state index in [4.69, 9.17) is 9.47 Å². The van der Waals surface area contributed by atoms with E-state index in [-0.39, 0.29) is 0 Å². The molecule has 0 spiro atoms. The number of piperazine rings is 1. The Hall–Kier alpha value is -0.620. The molecule has 4 nitrogen and oxygen atoms in total. The molecule has 1 aliphatic heterocycles.